The van der Waals surface area contributed by atoms with Gasteiger partial charge in [-0.1, -0.05) is 0 Å². The van der Waals surface area contributed by atoms with E-state index in [1.54, 1.807) is 72.5 Å². The Morgan fingerprint density at radius 1 is 0.828 bits per heavy atom. The van der Waals surface area contributed by atoms with Crippen molar-refractivity contribution in [1.29, 1.82) is 0 Å². The van der Waals surface area contributed by atoms with Crippen LogP contribution in [-0.2, 0) is 23.6 Å². The fraction of sp³-hybridized carbons (Fsp3) is 0.325. The number of hydrogen-bond acceptors (Lipinski definition) is 10. The number of imidazole rings is 4. The zero-order valence-corrected chi connectivity index (χ0v) is 34.7. The first-order valence-corrected chi connectivity index (χ1v) is 19.8. The van der Waals surface area contributed by atoms with Gasteiger partial charge in [-0.25, -0.2) is 38.3 Å². The summed E-state index contributed by atoms with van der Waals surface area (Å²) in [6.07, 6.45) is 11.2. The van der Waals surface area contributed by atoms with Crippen molar-refractivity contribution in [3.05, 3.63) is 116 Å². The molecule has 0 amide bonds. The normalized spacial score (nSPS) is 19.3. The van der Waals surface area contributed by atoms with Crippen LogP contribution in [0, 0.1) is 11.6 Å². The van der Waals surface area contributed by atoms with E-state index in [0.29, 0.717) is 49.5 Å². The van der Waals surface area contributed by atoms with Gasteiger partial charge in [-0.05, 0) is 105 Å². The number of esters is 2. The molecule has 2 saturated carbocycles. The Kier molecular flexibility index (Phi) is 10.5. The molecule has 14 nitrogen and oxygen atoms in total. The highest BCUT2D eigenvalue weighted by Crippen LogP contribution is 2.55. The number of carbonyl (C=O) groups is 3. The number of ether oxygens (including phenoxy) is 2. The number of hydrogen-bond donors (Lipinski definition) is 1. The molecule has 1 atom stereocenters. The highest BCUT2D eigenvalue weighted by atomic mass is 79.9. The number of aliphatic hydroxyl groups is 1. The SMILES string of the molecule is COC(=O)c1cn2c(n1)-c1cc(Br)c(F)cc1C1CC2C1.COC(=O)c1nc2n(c1C(O)c1cncn1C)C1CC(C1)c1cc(F)c(Br)cc1-2.Cn1cncc1C=O. The third-order valence-corrected chi connectivity index (χ3v) is 12.6. The van der Waals surface area contributed by atoms with Crippen LogP contribution in [0.4, 0.5) is 8.78 Å². The lowest BCUT2D eigenvalue weighted by Gasteiger charge is -2.36. The number of aldehydes is 1. The van der Waals surface area contributed by atoms with Crippen molar-refractivity contribution in [1.82, 2.24) is 38.2 Å². The van der Waals surface area contributed by atoms with Crippen LogP contribution in [0.5, 0.6) is 0 Å². The minimum atomic E-state index is -1.11. The van der Waals surface area contributed by atoms with Gasteiger partial charge in [0.15, 0.2) is 17.7 Å². The van der Waals surface area contributed by atoms with Crippen molar-refractivity contribution in [3.8, 4) is 22.8 Å². The van der Waals surface area contributed by atoms with Crippen molar-refractivity contribution >= 4 is 50.1 Å². The molecule has 2 fully saturated rings. The van der Waals surface area contributed by atoms with Gasteiger partial charge >= 0.3 is 11.9 Å². The molecule has 8 heterocycles. The zero-order chi connectivity index (χ0) is 41.2. The maximum atomic E-state index is 14.2. The summed E-state index contributed by atoms with van der Waals surface area (Å²) in [6, 6.07) is 6.97. The molecule has 4 aliphatic heterocycles. The van der Waals surface area contributed by atoms with Crippen LogP contribution in [0.25, 0.3) is 22.8 Å². The maximum absolute atomic E-state index is 14.2. The smallest absolute Gasteiger partial charge is 0.358 e. The van der Waals surface area contributed by atoms with Gasteiger partial charge in [0.25, 0.3) is 0 Å². The van der Waals surface area contributed by atoms with Crippen LogP contribution in [0.15, 0.2) is 64.5 Å². The second-order valence-electron chi connectivity index (χ2n) is 14.6. The summed E-state index contributed by atoms with van der Waals surface area (Å²) < 4.78 is 45.8. The van der Waals surface area contributed by atoms with Gasteiger partial charge in [-0.15, -0.1) is 0 Å². The van der Waals surface area contributed by atoms with Crippen LogP contribution < -0.4 is 0 Å². The Morgan fingerprint density at radius 3 is 1.91 bits per heavy atom. The number of benzene rings is 2. The van der Waals surface area contributed by atoms with E-state index in [1.165, 1.54) is 20.4 Å². The Hall–Kier alpha value is -5.33. The van der Waals surface area contributed by atoms with Crippen molar-refractivity contribution < 1.29 is 37.7 Å². The standard InChI is InChI=1S/C20H18BrFN4O3.C15H12BrFN2O2.C5H6N2O/c1-25-8-23-7-15(25)18(27)17-16(20(28)29-2)24-19-12-5-13(21)14(22)6-11(12)9-3-10(4-9)26(17)19;1-21-15(20)13-6-19-8-2-7(3-8)9-5-12(17)11(16)4-10(9)14(19)18-13;1-7-4-6-2-5(7)3-8/h5-10,18,27H,3-4H2,1-2H3;4-8H,2-3H2,1H3;2-4H,1H3. The molecule has 58 heavy (non-hydrogen) atoms. The number of aliphatic hydroxyl groups excluding tert-OH is 1. The van der Waals surface area contributed by atoms with Crippen molar-refractivity contribution in [2.45, 2.75) is 55.7 Å². The summed E-state index contributed by atoms with van der Waals surface area (Å²) >= 11 is 6.49. The molecular formula is C40H36Br2F2N8O6. The monoisotopic (exact) mass is 920 g/mol. The third-order valence-electron chi connectivity index (χ3n) is 11.4. The first-order valence-electron chi connectivity index (χ1n) is 18.2. The predicted octanol–water partition coefficient (Wildman–Crippen LogP) is 7.39. The summed E-state index contributed by atoms with van der Waals surface area (Å²) in [5.74, 6) is 0.201. The summed E-state index contributed by atoms with van der Waals surface area (Å²) in [6.45, 7) is 0. The molecule has 300 valence electrons. The van der Waals surface area contributed by atoms with Crippen LogP contribution in [0.1, 0.15) is 110 Å². The number of carbonyl (C=O) groups excluding carboxylic acids is 3. The average molecular weight is 923 g/mol. The van der Waals surface area contributed by atoms with Gasteiger partial charge < -0.3 is 32.8 Å². The highest BCUT2D eigenvalue weighted by molar-refractivity contribution is 9.10. The van der Waals surface area contributed by atoms with Crippen molar-refractivity contribution in [3.63, 3.8) is 0 Å². The van der Waals surface area contributed by atoms with Crippen LogP contribution in [0.2, 0.25) is 0 Å². The Bertz CT molecular complexity index is 2600. The van der Waals surface area contributed by atoms with E-state index in [1.807, 2.05) is 9.13 Å². The Labute approximate surface area is 347 Å². The second-order valence-corrected chi connectivity index (χ2v) is 16.3. The molecule has 1 unspecified atom stereocenters. The van der Waals surface area contributed by atoms with E-state index < -0.39 is 18.0 Å². The number of aryl methyl sites for hydroxylation is 2. The molecule has 0 saturated heterocycles. The van der Waals surface area contributed by atoms with E-state index in [-0.39, 0.29) is 29.3 Å². The molecule has 2 aliphatic carbocycles. The van der Waals surface area contributed by atoms with E-state index in [9.17, 15) is 28.3 Å². The lowest BCUT2D eigenvalue weighted by Crippen LogP contribution is -2.26. The largest absolute Gasteiger partial charge is 0.464 e. The molecule has 4 bridgehead atoms. The van der Waals surface area contributed by atoms with Crippen LogP contribution in [0.3, 0.4) is 0 Å². The molecule has 2 aromatic carbocycles. The number of methoxy groups -OCH3 is 2. The predicted molar refractivity (Wildman–Crippen MR) is 211 cm³/mol. The number of halogens is 4. The van der Waals surface area contributed by atoms with Crippen molar-refractivity contribution in [2.24, 2.45) is 14.1 Å². The van der Waals surface area contributed by atoms with Crippen molar-refractivity contribution in [2.75, 3.05) is 14.2 Å². The summed E-state index contributed by atoms with van der Waals surface area (Å²) in [5, 5.41) is 11.2. The van der Waals surface area contributed by atoms with Gasteiger partial charge in [0, 0.05) is 43.5 Å². The maximum Gasteiger partial charge on any atom is 0.358 e. The highest BCUT2D eigenvalue weighted by Gasteiger charge is 2.44. The quantitative estimate of drug-likeness (QED) is 0.136. The molecular weight excluding hydrogens is 886 g/mol. The molecule has 1 N–H and O–H groups in total. The van der Waals surface area contributed by atoms with E-state index in [2.05, 4.69) is 51.8 Å². The minimum Gasteiger partial charge on any atom is -0.464 e. The fourth-order valence-electron chi connectivity index (χ4n) is 8.15. The number of aromatic nitrogens is 8. The lowest BCUT2D eigenvalue weighted by molar-refractivity contribution is 0.0581. The summed E-state index contributed by atoms with van der Waals surface area (Å²) in [5.41, 5.74) is 5.39. The molecule has 4 aromatic heterocycles. The molecule has 0 radical (unpaired) electrons. The van der Waals surface area contributed by atoms with E-state index in [0.717, 1.165) is 60.0 Å². The number of rotatable bonds is 5. The second kappa shape index (κ2) is 15.4. The van der Waals surface area contributed by atoms with Gasteiger partial charge in [0.05, 0.1) is 59.6 Å². The minimum absolute atomic E-state index is 0.0629. The molecule has 12 rings (SSSR count). The van der Waals surface area contributed by atoms with E-state index >= 15 is 0 Å². The lowest BCUT2D eigenvalue weighted by atomic mass is 9.75. The average Bonchev–Trinajstić information content (AvgIpc) is 3.95. The summed E-state index contributed by atoms with van der Waals surface area (Å²) in [4.78, 5) is 51.1. The van der Waals surface area contributed by atoms with Gasteiger partial charge in [-0.2, -0.15) is 0 Å². The number of nitrogens with zero attached hydrogens (tertiary/aromatic N) is 8. The van der Waals surface area contributed by atoms with E-state index in [4.69, 9.17) is 9.47 Å². The molecule has 0 spiro atoms. The van der Waals surface area contributed by atoms with Gasteiger partial charge in [0.2, 0.25) is 0 Å². The first-order chi connectivity index (χ1) is 27.8. The molecule has 6 aromatic rings. The topological polar surface area (TPSA) is 161 Å². The van der Waals surface area contributed by atoms with Crippen LogP contribution in [-0.4, -0.2) is 75.8 Å². The zero-order valence-electron chi connectivity index (χ0n) is 31.6. The van der Waals surface area contributed by atoms with Gasteiger partial charge in [0.1, 0.15) is 35.1 Å². The van der Waals surface area contributed by atoms with Crippen LogP contribution >= 0.6 is 31.9 Å². The Morgan fingerprint density at radius 2 is 1.40 bits per heavy atom. The summed E-state index contributed by atoms with van der Waals surface area (Å²) in [7, 11) is 6.17. The third kappa shape index (κ3) is 6.69. The molecule has 18 heteroatoms. The Balaban J connectivity index is 0.000000141. The fourth-order valence-corrected chi connectivity index (χ4v) is 8.83. The first kappa shape index (κ1) is 39.5. The molecule has 6 aliphatic rings. The van der Waals surface area contributed by atoms with Gasteiger partial charge in [-0.3, -0.25) is 4.79 Å².